The van der Waals surface area contributed by atoms with E-state index in [1.165, 1.54) is 0 Å². The van der Waals surface area contributed by atoms with Gasteiger partial charge in [-0.05, 0) is 31.5 Å². The van der Waals surface area contributed by atoms with Gasteiger partial charge in [-0.3, -0.25) is 14.9 Å². The van der Waals surface area contributed by atoms with E-state index in [0.29, 0.717) is 19.5 Å². The average molecular weight is 292 g/mol. The van der Waals surface area contributed by atoms with Crippen molar-refractivity contribution in [1.82, 2.24) is 5.32 Å². The monoisotopic (exact) mass is 291 g/mol. The molecule has 1 aromatic carbocycles. The zero-order chi connectivity index (χ0) is 13.5. The highest BCUT2D eigenvalue weighted by Gasteiger charge is 2.20. The maximum atomic E-state index is 13.0. The summed E-state index contributed by atoms with van der Waals surface area (Å²) in [7, 11) is 0. The first-order valence-corrected chi connectivity index (χ1v) is 5.48. The molecule has 0 bridgehead atoms. The van der Waals surface area contributed by atoms with E-state index in [0.717, 1.165) is 24.6 Å². The van der Waals surface area contributed by atoms with Gasteiger partial charge in [-0.1, -0.05) is 0 Å². The van der Waals surface area contributed by atoms with Crippen LogP contribution in [0, 0.1) is 15.9 Å². The molecule has 0 aliphatic carbocycles. The summed E-state index contributed by atoms with van der Waals surface area (Å²) in [6.45, 7) is 0.861. The molecule has 0 aromatic heterocycles. The van der Waals surface area contributed by atoms with Crippen LogP contribution < -0.4 is 11.1 Å². The Hall–Kier alpha value is -1.73. The van der Waals surface area contributed by atoms with Crippen LogP contribution in [-0.4, -0.2) is 23.9 Å². The number of rotatable bonds is 6. The second-order valence-corrected chi connectivity index (χ2v) is 3.67. The van der Waals surface area contributed by atoms with Crippen LogP contribution in [0.1, 0.15) is 23.2 Å². The summed E-state index contributed by atoms with van der Waals surface area (Å²) in [5.74, 6) is -1.34. The SMILES string of the molecule is Cl.NCCCCNC(=O)c1cc(F)ccc1[N+](=O)[O-]. The fourth-order valence-electron chi connectivity index (χ4n) is 1.42. The number of benzene rings is 1. The fraction of sp³-hybridized carbons (Fsp3) is 0.364. The maximum Gasteiger partial charge on any atom is 0.282 e. The topological polar surface area (TPSA) is 98.3 Å². The highest BCUT2D eigenvalue weighted by molar-refractivity contribution is 5.98. The van der Waals surface area contributed by atoms with E-state index in [1.807, 2.05) is 0 Å². The fourth-order valence-corrected chi connectivity index (χ4v) is 1.42. The van der Waals surface area contributed by atoms with Crippen molar-refractivity contribution < 1.29 is 14.1 Å². The van der Waals surface area contributed by atoms with Crippen LogP contribution in [0.3, 0.4) is 0 Å². The Bertz CT molecular complexity index is 457. The van der Waals surface area contributed by atoms with Crippen molar-refractivity contribution in [2.45, 2.75) is 12.8 Å². The normalized spacial score (nSPS) is 9.58. The smallest absolute Gasteiger partial charge is 0.282 e. The molecule has 19 heavy (non-hydrogen) atoms. The van der Waals surface area contributed by atoms with Gasteiger partial charge in [0.15, 0.2) is 0 Å². The number of nitro benzene ring substituents is 1. The molecule has 0 fully saturated rings. The summed E-state index contributed by atoms with van der Waals surface area (Å²) in [4.78, 5) is 21.7. The molecular formula is C11H15ClFN3O3. The lowest BCUT2D eigenvalue weighted by molar-refractivity contribution is -0.385. The minimum atomic E-state index is -0.714. The summed E-state index contributed by atoms with van der Waals surface area (Å²) in [5.41, 5.74) is 4.61. The van der Waals surface area contributed by atoms with Gasteiger partial charge in [-0.15, -0.1) is 12.4 Å². The summed E-state index contributed by atoms with van der Waals surface area (Å²) in [5, 5.41) is 13.2. The predicted molar refractivity (Wildman–Crippen MR) is 70.9 cm³/mol. The second kappa shape index (κ2) is 8.39. The number of nitrogens with one attached hydrogen (secondary N) is 1. The number of carbonyl (C=O) groups is 1. The minimum absolute atomic E-state index is 0. The summed E-state index contributed by atoms with van der Waals surface area (Å²) in [6, 6.07) is 2.78. The Morgan fingerprint density at radius 3 is 2.68 bits per heavy atom. The lowest BCUT2D eigenvalue weighted by Crippen LogP contribution is -2.25. The quantitative estimate of drug-likeness (QED) is 0.473. The van der Waals surface area contributed by atoms with Crippen LogP contribution in [0.25, 0.3) is 0 Å². The number of hydrogen-bond donors (Lipinski definition) is 2. The van der Waals surface area contributed by atoms with Crippen molar-refractivity contribution in [3.8, 4) is 0 Å². The molecule has 1 rings (SSSR count). The Morgan fingerprint density at radius 1 is 1.42 bits per heavy atom. The molecule has 0 heterocycles. The van der Waals surface area contributed by atoms with Crippen LogP contribution in [0.4, 0.5) is 10.1 Å². The van der Waals surface area contributed by atoms with E-state index in [4.69, 9.17) is 5.73 Å². The molecule has 0 radical (unpaired) electrons. The Kier molecular flexibility index (Phi) is 7.62. The van der Waals surface area contributed by atoms with Crippen molar-refractivity contribution in [3.63, 3.8) is 0 Å². The molecule has 0 saturated heterocycles. The summed E-state index contributed by atoms with van der Waals surface area (Å²) < 4.78 is 13.0. The van der Waals surface area contributed by atoms with Crippen molar-refractivity contribution in [2.24, 2.45) is 5.73 Å². The molecule has 3 N–H and O–H groups in total. The van der Waals surface area contributed by atoms with Gasteiger partial charge in [0.25, 0.3) is 11.6 Å². The van der Waals surface area contributed by atoms with Gasteiger partial charge < -0.3 is 11.1 Å². The number of hydrogen-bond acceptors (Lipinski definition) is 4. The van der Waals surface area contributed by atoms with Gasteiger partial charge in [0.2, 0.25) is 0 Å². The van der Waals surface area contributed by atoms with Crippen molar-refractivity contribution >= 4 is 24.0 Å². The lowest BCUT2D eigenvalue weighted by Gasteiger charge is -2.05. The van der Waals surface area contributed by atoms with E-state index in [9.17, 15) is 19.3 Å². The van der Waals surface area contributed by atoms with Crippen LogP contribution in [0.15, 0.2) is 18.2 Å². The molecule has 106 valence electrons. The Labute approximate surface area is 115 Å². The second-order valence-electron chi connectivity index (χ2n) is 3.67. The number of nitrogens with two attached hydrogens (primary N) is 1. The highest BCUT2D eigenvalue weighted by atomic mass is 35.5. The van der Waals surface area contributed by atoms with Gasteiger partial charge in [0.1, 0.15) is 11.4 Å². The predicted octanol–water partition coefficient (Wildman–Crippen LogP) is 1.62. The number of nitro groups is 1. The summed E-state index contributed by atoms with van der Waals surface area (Å²) in [6.07, 6.45) is 1.41. The third-order valence-corrected chi connectivity index (χ3v) is 2.32. The van der Waals surface area contributed by atoms with Crippen LogP contribution in [0.2, 0.25) is 0 Å². The number of carbonyl (C=O) groups excluding carboxylic acids is 1. The number of amides is 1. The molecule has 0 unspecified atom stereocenters. The minimum Gasteiger partial charge on any atom is -0.352 e. The van der Waals surface area contributed by atoms with Crippen LogP contribution in [0.5, 0.6) is 0 Å². The van der Waals surface area contributed by atoms with Crippen LogP contribution in [-0.2, 0) is 0 Å². The van der Waals surface area contributed by atoms with Crippen molar-refractivity contribution in [1.29, 1.82) is 0 Å². The molecular weight excluding hydrogens is 277 g/mol. The number of halogens is 2. The van der Waals surface area contributed by atoms with E-state index < -0.39 is 22.3 Å². The van der Waals surface area contributed by atoms with E-state index in [2.05, 4.69) is 5.32 Å². The average Bonchev–Trinajstić information content (AvgIpc) is 2.34. The Balaban J connectivity index is 0.00000324. The first-order chi connectivity index (χ1) is 8.56. The molecule has 1 aromatic rings. The highest BCUT2D eigenvalue weighted by Crippen LogP contribution is 2.19. The molecule has 8 heteroatoms. The third-order valence-electron chi connectivity index (χ3n) is 2.32. The first-order valence-electron chi connectivity index (χ1n) is 5.48. The number of unbranched alkanes of at least 4 members (excludes halogenated alkanes) is 1. The molecule has 0 spiro atoms. The van der Waals surface area contributed by atoms with Gasteiger partial charge in [-0.25, -0.2) is 4.39 Å². The first kappa shape index (κ1) is 17.3. The third kappa shape index (κ3) is 5.19. The van der Waals surface area contributed by atoms with Gasteiger partial charge in [-0.2, -0.15) is 0 Å². The van der Waals surface area contributed by atoms with Gasteiger partial charge >= 0.3 is 0 Å². The lowest BCUT2D eigenvalue weighted by atomic mass is 10.1. The molecule has 0 atom stereocenters. The summed E-state index contributed by atoms with van der Waals surface area (Å²) >= 11 is 0. The molecule has 0 aliphatic heterocycles. The van der Waals surface area contributed by atoms with Gasteiger partial charge in [0.05, 0.1) is 4.92 Å². The van der Waals surface area contributed by atoms with E-state index in [-0.39, 0.29) is 18.0 Å². The zero-order valence-corrected chi connectivity index (χ0v) is 10.9. The van der Waals surface area contributed by atoms with Crippen molar-refractivity contribution in [3.05, 3.63) is 39.7 Å². The largest absolute Gasteiger partial charge is 0.352 e. The van der Waals surface area contributed by atoms with E-state index >= 15 is 0 Å². The molecule has 0 aliphatic rings. The number of nitrogens with zero attached hydrogens (tertiary/aromatic N) is 1. The standard InChI is InChI=1S/C11H14FN3O3.ClH/c12-8-3-4-10(15(17)18)9(7-8)11(16)14-6-2-1-5-13;/h3-4,7H,1-2,5-6,13H2,(H,14,16);1H. The molecule has 6 nitrogen and oxygen atoms in total. The van der Waals surface area contributed by atoms with Crippen LogP contribution >= 0.6 is 12.4 Å². The van der Waals surface area contributed by atoms with Gasteiger partial charge in [0, 0.05) is 12.6 Å². The zero-order valence-electron chi connectivity index (χ0n) is 10.1. The Morgan fingerprint density at radius 2 is 2.11 bits per heavy atom. The maximum absolute atomic E-state index is 13.0. The molecule has 1 amide bonds. The van der Waals surface area contributed by atoms with Crippen molar-refractivity contribution in [2.75, 3.05) is 13.1 Å². The molecule has 0 saturated carbocycles. The van der Waals surface area contributed by atoms with E-state index in [1.54, 1.807) is 0 Å².